The monoisotopic (exact) mass is 388 g/mol. The number of benzene rings is 1. The molecule has 2 aliphatic heterocycles. The highest BCUT2D eigenvalue weighted by molar-refractivity contribution is 5.80. The number of aliphatic carboxylic acids is 1. The van der Waals surface area contributed by atoms with Gasteiger partial charge in [-0.05, 0) is 30.4 Å². The molecule has 3 rings (SSSR count). The van der Waals surface area contributed by atoms with Crippen LogP contribution in [0.15, 0.2) is 24.3 Å². The Morgan fingerprint density at radius 3 is 2.75 bits per heavy atom. The van der Waals surface area contributed by atoms with E-state index in [1.54, 1.807) is 9.80 Å². The molecule has 0 aromatic heterocycles. The zero-order valence-electron chi connectivity index (χ0n) is 16.3. The van der Waals surface area contributed by atoms with Crippen molar-refractivity contribution in [3.05, 3.63) is 35.4 Å². The predicted octanol–water partition coefficient (Wildman–Crippen LogP) is 2.00. The normalized spacial score (nSPS) is 21.2. The number of amides is 2. The van der Waals surface area contributed by atoms with E-state index in [-0.39, 0.29) is 43.3 Å². The summed E-state index contributed by atoms with van der Waals surface area (Å²) in [4.78, 5) is 39.7. The molecule has 28 heavy (non-hydrogen) atoms. The first-order valence-corrected chi connectivity index (χ1v) is 9.92. The van der Waals surface area contributed by atoms with Crippen molar-refractivity contribution in [1.29, 1.82) is 0 Å². The number of carbonyl (C=O) groups excluding carboxylic acids is 2. The minimum atomic E-state index is -0.932. The van der Waals surface area contributed by atoms with Gasteiger partial charge >= 0.3 is 5.97 Å². The lowest BCUT2D eigenvalue weighted by Crippen LogP contribution is -2.44. The first-order valence-electron chi connectivity index (χ1n) is 9.92. The molecule has 2 aliphatic rings. The average molecular weight is 388 g/mol. The van der Waals surface area contributed by atoms with Gasteiger partial charge < -0.3 is 19.6 Å². The molecule has 0 saturated carbocycles. The molecule has 152 valence electrons. The average Bonchev–Trinajstić information content (AvgIpc) is 3.18. The quantitative estimate of drug-likeness (QED) is 0.772. The third-order valence-corrected chi connectivity index (χ3v) is 5.58. The highest BCUT2D eigenvalue weighted by Crippen LogP contribution is 2.33. The van der Waals surface area contributed by atoms with Gasteiger partial charge in [-0.15, -0.1) is 0 Å². The van der Waals surface area contributed by atoms with Gasteiger partial charge in [-0.25, -0.2) is 0 Å². The Hall–Kier alpha value is -2.41. The number of hydrogen-bond donors (Lipinski definition) is 1. The molecular formula is C21H28N2O5. The van der Waals surface area contributed by atoms with Crippen molar-refractivity contribution in [2.24, 2.45) is 0 Å². The molecule has 7 heteroatoms. The first-order chi connectivity index (χ1) is 13.5. The second-order valence-electron chi connectivity index (χ2n) is 7.50. The summed E-state index contributed by atoms with van der Waals surface area (Å²) in [5.74, 6) is -1.12. The second-order valence-corrected chi connectivity index (χ2v) is 7.50. The number of carboxylic acids is 1. The molecule has 2 heterocycles. The van der Waals surface area contributed by atoms with E-state index >= 15 is 0 Å². The fourth-order valence-corrected chi connectivity index (χ4v) is 4.13. The summed E-state index contributed by atoms with van der Waals surface area (Å²) in [6.45, 7) is 3.36. The largest absolute Gasteiger partial charge is 0.481 e. The SMILES string of the molecule is CC(=O)N1CCc2ccccc2C1CC(=O)N(CCC(=O)O)CC1CCCO1. The Kier molecular flexibility index (Phi) is 6.67. The maximum absolute atomic E-state index is 13.1. The third-order valence-electron chi connectivity index (χ3n) is 5.58. The van der Waals surface area contributed by atoms with Gasteiger partial charge in [0.15, 0.2) is 0 Å². The van der Waals surface area contributed by atoms with Crippen LogP contribution in [0.4, 0.5) is 0 Å². The summed E-state index contributed by atoms with van der Waals surface area (Å²) in [6.07, 6.45) is 2.63. The maximum atomic E-state index is 13.1. The highest BCUT2D eigenvalue weighted by Gasteiger charge is 2.33. The van der Waals surface area contributed by atoms with E-state index in [0.717, 1.165) is 30.4 Å². The fourth-order valence-electron chi connectivity index (χ4n) is 4.13. The predicted molar refractivity (Wildman–Crippen MR) is 103 cm³/mol. The van der Waals surface area contributed by atoms with Gasteiger partial charge in [0.25, 0.3) is 0 Å². The van der Waals surface area contributed by atoms with E-state index < -0.39 is 5.97 Å². The smallest absolute Gasteiger partial charge is 0.305 e. The number of hydrogen-bond acceptors (Lipinski definition) is 4. The summed E-state index contributed by atoms with van der Waals surface area (Å²) < 4.78 is 5.64. The summed E-state index contributed by atoms with van der Waals surface area (Å²) >= 11 is 0. The van der Waals surface area contributed by atoms with Gasteiger partial charge in [0, 0.05) is 33.2 Å². The maximum Gasteiger partial charge on any atom is 0.305 e. The van der Waals surface area contributed by atoms with Crippen molar-refractivity contribution in [1.82, 2.24) is 9.80 Å². The van der Waals surface area contributed by atoms with Crippen LogP contribution in [0, 0.1) is 0 Å². The van der Waals surface area contributed by atoms with Crippen molar-refractivity contribution >= 4 is 17.8 Å². The summed E-state index contributed by atoms with van der Waals surface area (Å²) in [5.41, 5.74) is 2.17. The third kappa shape index (κ3) is 4.90. The Morgan fingerprint density at radius 1 is 1.29 bits per heavy atom. The van der Waals surface area contributed by atoms with Gasteiger partial charge in [-0.3, -0.25) is 14.4 Å². The molecule has 2 amide bonds. The molecule has 1 aromatic rings. The molecule has 0 aliphatic carbocycles. The van der Waals surface area contributed by atoms with Gasteiger partial charge in [0.1, 0.15) is 0 Å². The highest BCUT2D eigenvalue weighted by atomic mass is 16.5. The van der Waals surface area contributed by atoms with Crippen LogP contribution in [0.3, 0.4) is 0 Å². The minimum absolute atomic E-state index is 0.0414. The van der Waals surface area contributed by atoms with Crippen LogP contribution in [0.25, 0.3) is 0 Å². The van der Waals surface area contributed by atoms with Gasteiger partial charge in [0.2, 0.25) is 11.8 Å². The Labute approximate surface area is 165 Å². The lowest BCUT2D eigenvalue weighted by atomic mass is 9.90. The summed E-state index contributed by atoms with van der Waals surface area (Å²) in [5, 5.41) is 9.05. The van der Waals surface area contributed by atoms with Crippen molar-refractivity contribution in [2.45, 2.75) is 51.2 Å². The first kappa shape index (κ1) is 20.3. The van der Waals surface area contributed by atoms with Crippen LogP contribution in [0.1, 0.15) is 49.8 Å². The lowest BCUT2D eigenvalue weighted by Gasteiger charge is -2.37. The number of nitrogens with zero attached hydrogens (tertiary/aromatic N) is 2. The van der Waals surface area contributed by atoms with E-state index in [0.29, 0.717) is 19.7 Å². The molecule has 0 spiro atoms. The van der Waals surface area contributed by atoms with Crippen molar-refractivity contribution in [3.8, 4) is 0 Å². The molecule has 2 unspecified atom stereocenters. The van der Waals surface area contributed by atoms with Crippen LogP contribution in [-0.2, 0) is 25.5 Å². The number of carbonyl (C=O) groups is 3. The van der Waals surface area contributed by atoms with Crippen molar-refractivity contribution < 1.29 is 24.2 Å². The van der Waals surface area contributed by atoms with Crippen LogP contribution in [-0.4, -0.2) is 65.0 Å². The van der Waals surface area contributed by atoms with Crippen molar-refractivity contribution in [3.63, 3.8) is 0 Å². The van der Waals surface area contributed by atoms with Gasteiger partial charge in [0.05, 0.1) is 25.0 Å². The molecule has 1 fully saturated rings. The number of rotatable bonds is 7. The summed E-state index contributed by atoms with van der Waals surface area (Å²) in [7, 11) is 0. The van der Waals surface area contributed by atoms with Crippen LogP contribution >= 0.6 is 0 Å². The second kappa shape index (κ2) is 9.19. The van der Waals surface area contributed by atoms with Crippen LogP contribution in [0.2, 0.25) is 0 Å². The Balaban J connectivity index is 1.77. The number of fused-ring (bicyclic) bond motifs is 1. The zero-order chi connectivity index (χ0) is 20.1. The van der Waals surface area contributed by atoms with Gasteiger partial charge in [-0.1, -0.05) is 24.3 Å². The Bertz CT molecular complexity index is 729. The molecule has 7 nitrogen and oxygen atoms in total. The summed E-state index contributed by atoms with van der Waals surface area (Å²) in [6, 6.07) is 7.60. The number of ether oxygens (including phenoxy) is 1. The molecule has 1 aromatic carbocycles. The van der Waals surface area contributed by atoms with Gasteiger partial charge in [-0.2, -0.15) is 0 Å². The topological polar surface area (TPSA) is 87.2 Å². The zero-order valence-corrected chi connectivity index (χ0v) is 16.3. The van der Waals surface area contributed by atoms with E-state index in [1.807, 2.05) is 24.3 Å². The van der Waals surface area contributed by atoms with E-state index in [2.05, 4.69) is 0 Å². The van der Waals surface area contributed by atoms with Crippen LogP contribution < -0.4 is 0 Å². The molecule has 1 saturated heterocycles. The fraction of sp³-hybridized carbons (Fsp3) is 0.571. The van der Waals surface area contributed by atoms with E-state index in [1.165, 1.54) is 6.92 Å². The standard InChI is InChI=1S/C21H28N2O5/c1-15(24)23-11-8-16-5-2-3-7-18(16)19(23)13-20(25)22(10-9-21(26)27)14-17-6-4-12-28-17/h2-3,5,7,17,19H,4,6,8-14H2,1H3,(H,26,27). The van der Waals surface area contributed by atoms with Crippen molar-refractivity contribution in [2.75, 3.05) is 26.2 Å². The molecule has 2 atom stereocenters. The van der Waals surface area contributed by atoms with E-state index in [4.69, 9.17) is 9.84 Å². The lowest BCUT2D eigenvalue weighted by molar-refractivity contribution is -0.140. The van der Waals surface area contributed by atoms with Crippen LogP contribution in [0.5, 0.6) is 0 Å². The molecule has 0 bridgehead atoms. The number of carboxylic acid groups (broad SMARTS) is 1. The molecule has 0 radical (unpaired) electrons. The molecular weight excluding hydrogens is 360 g/mol. The Morgan fingerprint density at radius 2 is 2.07 bits per heavy atom. The minimum Gasteiger partial charge on any atom is -0.481 e. The molecule has 1 N–H and O–H groups in total. The van der Waals surface area contributed by atoms with E-state index in [9.17, 15) is 14.4 Å².